The summed E-state index contributed by atoms with van der Waals surface area (Å²) in [6.07, 6.45) is 6.65. The SMILES string of the molecule is CO[C@@H](C)c1ncccc1-c1c2c3cc(ccc3n1C1CN(C3CC3)C1)-c1csc(n1)[C@@H](OCC1CCOCC1)[C@H](NC(=O)C1[C@@H](C)[C@H]1C)C(=O)N1CCC[C@H](N1)C(=O)OCC(C)(C)C2. The Kier molecular flexibility index (Phi) is 12.4. The van der Waals surface area contributed by atoms with E-state index in [9.17, 15) is 14.4 Å². The van der Waals surface area contributed by atoms with Crippen LogP contribution in [0.4, 0.5) is 0 Å². The average Bonchev–Trinajstić information content (AvgIpc) is 4.15. The molecule has 0 radical (unpaired) electrons. The fraction of sp³-hybridized carbons (Fsp3) is 0.620. The molecule has 348 valence electrons. The first-order valence-corrected chi connectivity index (χ1v) is 24.9. The molecular weight excluding hydrogens is 843 g/mol. The van der Waals surface area contributed by atoms with Gasteiger partial charge in [-0.05, 0) is 99.5 Å². The van der Waals surface area contributed by atoms with Crippen LogP contribution in [0.5, 0.6) is 0 Å². The zero-order valence-electron chi connectivity index (χ0n) is 38.7. The molecule has 2 amide bonds. The molecular formula is C50H65N7O7S. The molecule has 65 heavy (non-hydrogen) atoms. The Balaban J connectivity index is 1.12. The highest BCUT2D eigenvalue weighted by molar-refractivity contribution is 7.10. The molecule has 4 aromatic rings. The Labute approximate surface area is 386 Å². The Morgan fingerprint density at radius 1 is 1.06 bits per heavy atom. The number of thiazole rings is 1. The number of amides is 2. The number of likely N-dealkylation sites (tertiary alicyclic amines) is 1. The van der Waals surface area contributed by atoms with Crippen molar-refractivity contribution in [1.29, 1.82) is 0 Å². The van der Waals surface area contributed by atoms with Crippen LogP contribution in [0, 0.1) is 29.1 Å². The van der Waals surface area contributed by atoms with E-state index in [2.05, 4.69) is 72.2 Å². The highest BCUT2D eigenvalue weighted by Crippen LogP contribution is 2.48. The number of pyridine rings is 1. The van der Waals surface area contributed by atoms with Crippen molar-refractivity contribution in [3.05, 3.63) is 58.2 Å². The van der Waals surface area contributed by atoms with Gasteiger partial charge in [0.05, 0.1) is 42.4 Å². The standard InChI is InChI=1S/C50H65N7O7S/c1-28-29(2)41(28)46(58)53-43-45(63-25-31-15-19-62-20-16-31)47-52-39(26-65-47)32-11-14-40-36(21-32)37(22-50(4,5)27-64-49(60)38-10-8-18-56(54-38)48(43)59)44(35-9-7-17-51-42(35)30(3)61-6)57(40)34-23-55(24-34)33-12-13-33/h7,9,11,14,17,21,26,28-31,33-34,38,41,43,45,54H,8,10,12-13,15-16,18-20,22-25,27H2,1-6H3,(H,53,58)/t28-,29+,30-,38-,41?,43-,45-/m0/s1. The van der Waals surface area contributed by atoms with Crippen molar-refractivity contribution in [2.24, 2.45) is 29.1 Å². The number of aromatic nitrogens is 3. The second kappa shape index (κ2) is 18.1. The topological polar surface area (TPSA) is 149 Å². The number of ether oxygens (including phenoxy) is 4. The largest absolute Gasteiger partial charge is 0.464 e. The van der Waals surface area contributed by atoms with Crippen LogP contribution in [0.3, 0.4) is 0 Å². The Morgan fingerprint density at radius 3 is 2.58 bits per heavy atom. The van der Waals surface area contributed by atoms with Gasteiger partial charge in [-0.15, -0.1) is 11.3 Å². The summed E-state index contributed by atoms with van der Waals surface area (Å²) in [5.41, 5.74) is 9.81. The smallest absolute Gasteiger partial charge is 0.324 e. The van der Waals surface area contributed by atoms with Gasteiger partial charge in [0.25, 0.3) is 5.91 Å². The molecule has 7 atom stereocenters. The van der Waals surface area contributed by atoms with E-state index in [0.29, 0.717) is 56.7 Å². The molecule has 15 heteroatoms. The lowest BCUT2D eigenvalue weighted by atomic mass is 9.84. The van der Waals surface area contributed by atoms with Crippen LogP contribution in [-0.4, -0.2) is 114 Å². The maximum absolute atomic E-state index is 15.0. The molecule has 1 aromatic carbocycles. The number of carbonyl (C=O) groups is 3. The fourth-order valence-electron chi connectivity index (χ4n) is 10.7. The van der Waals surface area contributed by atoms with E-state index in [-0.39, 0.29) is 54.2 Å². The first-order chi connectivity index (χ1) is 31.4. The normalized spacial score (nSPS) is 28.4. The number of nitrogens with one attached hydrogen (secondary N) is 2. The molecule has 0 spiro atoms. The summed E-state index contributed by atoms with van der Waals surface area (Å²) in [4.78, 5) is 55.9. The van der Waals surface area contributed by atoms with Gasteiger partial charge in [0.2, 0.25) is 5.91 Å². The molecule has 14 nitrogen and oxygen atoms in total. The highest BCUT2D eigenvalue weighted by atomic mass is 32.1. The Hall–Kier alpha value is -4.25. The summed E-state index contributed by atoms with van der Waals surface area (Å²) in [5, 5.41) is 8.45. The predicted molar refractivity (Wildman–Crippen MR) is 248 cm³/mol. The second-order valence-corrected chi connectivity index (χ2v) is 21.3. The summed E-state index contributed by atoms with van der Waals surface area (Å²) in [5.74, 6) is -0.481. The zero-order chi connectivity index (χ0) is 45.1. The molecule has 3 aromatic heterocycles. The number of cyclic esters (lactones) is 1. The van der Waals surface area contributed by atoms with Crippen molar-refractivity contribution >= 4 is 40.0 Å². The van der Waals surface area contributed by atoms with Crippen molar-refractivity contribution < 1.29 is 33.3 Å². The van der Waals surface area contributed by atoms with Gasteiger partial charge in [-0.2, -0.15) is 0 Å². The minimum absolute atomic E-state index is 0.168. The molecule has 3 saturated heterocycles. The second-order valence-electron chi connectivity index (χ2n) is 20.5. The monoisotopic (exact) mass is 907 g/mol. The minimum Gasteiger partial charge on any atom is -0.464 e. The zero-order valence-corrected chi connectivity index (χ0v) is 39.5. The third-order valence-corrected chi connectivity index (χ3v) is 16.1. The number of hydrogen-bond acceptors (Lipinski definition) is 12. The van der Waals surface area contributed by atoms with Crippen molar-refractivity contribution in [3.63, 3.8) is 0 Å². The molecule has 4 aliphatic heterocycles. The Morgan fingerprint density at radius 2 is 1.85 bits per heavy atom. The molecule has 6 aliphatic rings. The number of hydrazine groups is 1. The lowest BCUT2D eigenvalue weighted by Crippen LogP contribution is -2.61. The number of fused-ring (bicyclic) bond motifs is 6. The molecule has 6 bridgehead atoms. The van der Waals surface area contributed by atoms with E-state index >= 15 is 0 Å². The summed E-state index contributed by atoms with van der Waals surface area (Å²) >= 11 is 1.45. The van der Waals surface area contributed by atoms with E-state index < -0.39 is 29.6 Å². The number of esters is 1. The van der Waals surface area contributed by atoms with E-state index in [1.807, 2.05) is 24.6 Å². The van der Waals surface area contributed by atoms with E-state index in [1.54, 1.807) is 7.11 Å². The number of nitrogens with zero attached hydrogens (tertiary/aromatic N) is 5. The maximum Gasteiger partial charge on any atom is 0.324 e. The lowest BCUT2D eigenvalue weighted by Gasteiger charge is -2.42. The number of benzene rings is 1. The third-order valence-electron chi connectivity index (χ3n) is 15.2. The van der Waals surface area contributed by atoms with Crippen LogP contribution in [-0.2, 0) is 39.8 Å². The molecule has 2 aliphatic carbocycles. The predicted octanol–water partition coefficient (Wildman–Crippen LogP) is 7.05. The number of rotatable bonds is 10. The van der Waals surface area contributed by atoms with Crippen LogP contribution in [0.25, 0.3) is 33.4 Å². The van der Waals surface area contributed by atoms with Gasteiger partial charge >= 0.3 is 5.97 Å². The van der Waals surface area contributed by atoms with Crippen LogP contribution in [0.1, 0.15) is 108 Å². The molecule has 1 unspecified atom stereocenters. The third kappa shape index (κ3) is 8.89. The molecule has 5 fully saturated rings. The van der Waals surface area contributed by atoms with Crippen LogP contribution in [0.2, 0.25) is 0 Å². The van der Waals surface area contributed by atoms with Crippen molar-refractivity contribution in [3.8, 4) is 22.5 Å². The fourth-order valence-corrected chi connectivity index (χ4v) is 11.6. The summed E-state index contributed by atoms with van der Waals surface area (Å²) < 4.78 is 27.2. The maximum atomic E-state index is 15.0. The Bertz CT molecular complexity index is 2410. The van der Waals surface area contributed by atoms with Gasteiger partial charge in [0.1, 0.15) is 23.2 Å². The number of hydrogen-bond donors (Lipinski definition) is 2. The van der Waals surface area contributed by atoms with Gasteiger partial charge in [0, 0.05) is 90.9 Å². The summed E-state index contributed by atoms with van der Waals surface area (Å²) in [6, 6.07) is 9.94. The molecule has 2 saturated carbocycles. The number of methoxy groups -OCH3 is 1. The van der Waals surface area contributed by atoms with Crippen molar-refractivity contribution in [2.75, 3.05) is 53.2 Å². The van der Waals surface area contributed by atoms with Gasteiger partial charge in [-0.1, -0.05) is 33.8 Å². The lowest BCUT2D eigenvalue weighted by molar-refractivity contribution is -0.157. The summed E-state index contributed by atoms with van der Waals surface area (Å²) in [6.45, 7) is 14.7. The van der Waals surface area contributed by atoms with Crippen molar-refractivity contribution in [1.82, 2.24) is 35.2 Å². The van der Waals surface area contributed by atoms with Crippen molar-refractivity contribution in [2.45, 2.75) is 116 Å². The van der Waals surface area contributed by atoms with Crippen LogP contribution in [0.15, 0.2) is 41.9 Å². The molecule has 7 heterocycles. The van der Waals surface area contributed by atoms with E-state index in [1.165, 1.54) is 34.8 Å². The van der Waals surface area contributed by atoms with Gasteiger partial charge in [-0.25, -0.2) is 10.4 Å². The van der Waals surface area contributed by atoms with Gasteiger partial charge in [-0.3, -0.25) is 29.3 Å². The highest BCUT2D eigenvalue weighted by Gasteiger charge is 2.50. The van der Waals surface area contributed by atoms with Gasteiger partial charge < -0.3 is 28.8 Å². The molecule has 2 N–H and O–H groups in total. The average molecular weight is 908 g/mol. The van der Waals surface area contributed by atoms with Gasteiger partial charge in [0.15, 0.2) is 0 Å². The molecule has 10 rings (SSSR count). The summed E-state index contributed by atoms with van der Waals surface area (Å²) in [7, 11) is 1.73. The first kappa shape index (κ1) is 44.6. The van der Waals surface area contributed by atoms with Crippen LogP contribution < -0.4 is 10.7 Å². The van der Waals surface area contributed by atoms with E-state index in [4.69, 9.17) is 28.9 Å². The minimum atomic E-state index is -1.09. The van der Waals surface area contributed by atoms with E-state index in [0.717, 1.165) is 65.0 Å². The van der Waals surface area contributed by atoms with Crippen LogP contribution >= 0.6 is 11.3 Å². The first-order valence-electron chi connectivity index (χ1n) is 24.0. The quantitative estimate of drug-likeness (QED) is 0.158. The number of carbonyl (C=O) groups excluding carboxylic acids is 3.